The lowest BCUT2D eigenvalue weighted by Crippen LogP contribution is -2.45. The van der Waals surface area contributed by atoms with E-state index in [1.54, 1.807) is 0 Å². The highest BCUT2D eigenvalue weighted by Crippen LogP contribution is 2.17. The van der Waals surface area contributed by atoms with Crippen LogP contribution in [0.3, 0.4) is 0 Å². The monoisotopic (exact) mass is 986 g/mol. The van der Waals surface area contributed by atoms with Crippen LogP contribution in [-0.4, -0.2) is 47.4 Å². The first-order chi connectivity index (χ1) is 34.5. The van der Waals surface area contributed by atoms with Crippen LogP contribution in [0.2, 0.25) is 0 Å². The zero-order chi connectivity index (χ0) is 50.7. The van der Waals surface area contributed by atoms with Crippen molar-refractivity contribution in [2.24, 2.45) is 0 Å². The maximum Gasteiger partial charge on any atom is 0.305 e. The summed E-state index contributed by atoms with van der Waals surface area (Å²) in [5, 5.41) is 23.3. The molecule has 70 heavy (non-hydrogen) atoms. The molecule has 0 saturated heterocycles. The van der Waals surface area contributed by atoms with Crippen molar-refractivity contribution in [1.29, 1.82) is 0 Å². The van der Waals surface area contributed by atoms with E-state index in [9.17, 15) is 19.8 Å². The Labute approximate surface area is 437 Å². The van der Waals surface area contributed by atoms with Crippen LogP contribution in [0.4, 0.5) is 0 Å². The Balaban J connectivity index is 3.41. The molecule has 0 radical (unpaired) electrons. The third-order valence-corrected chi connectivity index (χ3v) is 14.7. The van der Waals surface area contributed by atoms with E-state index < -0.39 is 12.1 Å². The Kier molecular flexibility index (Phi) is 58.5. The molecular formula is C64H123NO5. The molecule has 2 unspecified atom stereocenters. The van der Waals surface area contributed by atoms with Crippen molar-refractivity contribution in [2.45, 2.75) is 360 Å². The zero-order valence-electron chi connectivity index (χ0n) is 47.3. The molecule has 0 rings (SSSR count). The van der Waals surface area contributed by atoms with Crippen LogP contribution >= 0.6 is 0 Å². The molecular weight excluding hydrogens is 863 g/mol. The number of allylic oxidation sites excluding steroid dienone is 4. The Morgan fingerprint density at radius 1 is 0.386 bits per heavy atom. The van der Waals surface area contributed by atoms with Crippen molar-refractivity contribution in [2.75, 3.05) is 13.2 Å². The smallest absolute Gasteiger partial charge is 0.305 e. The SMILES string of the molecule is CCCCCCCC/C=C\CCCCCCCCCCCC(=O)OCCCCCCCCCC/C=C\CCCCCCCCCC(=O)NC(CO)C(O)CCCCCCCCCCCCCCCCC. The number of aliphatic hydroxyl groups is 2. The highest BCUT2D eigenvalue weighted by Gasteiger charge is 2.20. The molecule has 0 spiro atoms. The molecule has 0 aliphatic rings. The highest BCUT2D eigenvalue weighted by atomic mass is 16.5. The van der Waals surface area contributed by atoms with E-state index in [0.717, 1.165) is 44.9 Å². The van der Waals surface area contributed by atoms with Gasteiger partial charge >= 0.3 is 5.97 Å². The predicted octanol–water partition coefficient (Wildman–Crippen LogP) is 19.8. The maximum absolute atomic E-state index is 12.5. The molecule has 0 aromatic rings. The number of rotatable bonds is 59. The van der Waals surface area contributed by atoms with Gasteiger partial charge in [0.1, 0.15) is 0 Å². The minimum Gasteiger partial charge on any atom is -0.466 e. The fraction of sp³-hybridized carbons (Fsp3) is 0.906. The number of hydrogen-bond donors (Lipinski definition) is 3. The van der Waals surface area contributed by atoms with E-state index in [-0.39, 0.29) is 18.5 Å². The second kappa shape index (κ2) is 59.9. The molecule has 0 saturated carbocycles. The van der Waals surface area contributed by atoms with Crippen LogP contribution in [0.15, 0.2) is 24.3 Å². The molecule has 0 bridgehead atoms. The summed E-state index contributed by atoms with van der Waals surface area (Å²) in [6, 6.07) is -0.548. The topological polar surface area (TPSA) is 95.9 Å². The van der Waals surface area contributed by atoms with Gasteiger partial charge in [0, 0.05) is 12.8 Å². The van der Waals surface area contributed by atoms with Gasteiger partial charge in [0.05, 0.1) is 25.4 Å². The van der Waals surface area contributed by atoms with Gasteiger partial charge in [0.15, 0.2) is 0 Å². The molecule has 1 amide bonds. The van der Waals surface area contributed by atoms with E-state index >= 15 is 0 Å². The van der Waals surface area contributed by atoms with Gasteiger partial charge in [-0.1, -0.05) is 282 Å². The van der Waals surface area contributed by atoms with Crippen molar-refractivity contribution < 1.29 is 24.5 Å². The summed E-state index contributed by atoms with van der Waals surface area (Å²) in [5.74, 6) is -0.0387. The van der Waals surface area contributed by atoms with Gasteiger partial charge < -0.3 is 20.3 Å². The molecule has 0 aliphatic heterocycles. The van der Waals surface area contributed by atoms with Crippen molar-refractivity contribution in [3.8, 4) is 0 Å². The summed E-state index contributed by atoms with van der Waals surface area (Å²) < 4.78 is 5.49. The van der Waals surface area contributed by atoms with Gasteiger partial charge in [-0.2, -0.15) is 0 Å². The van der Waals surface area contributed by atoms with Gasteiger partial charge in [-0.15, -0.1) is 0 Å². The van der Waals surface area contributed by atoms with Crippen molar-refractivity contribution in [1.82, 2.24) is 5.32 Å². The molecule has 3 N–H and O–H groups in total. The standard InChI is InChI=1S/C64H123NO5/c1-3-5-7-9-11-13-15-17-19-20-22-26-30-34-38-42-46-50-54-58-64(69)70-59-55-51-47-43-39-35-31-27-24-21-23-25-29-33-37-41-45-49-53-57-63(68)65-61(60-66)62(67)56-52-48-44-40-36-32-28-18-16-14-12-10-8-6-4-2/h17,19,21,23,61-62,66-67H,3-16,18,20,22,24-60H2,1-2H3,(H,65,68)/b19-17-,23-21-. The predicted molar refractivity (Wildman–Crippen MR) is 306 cm³/mol. The van der Waals surface area contributed by atoms with E-state index in [4.69, 9.17) is 4.74 Å². The maximum atomic E-state index is 12.5. The van der Waals surface area contributed by atoms with E-state index in [2.05, 4.69) is 43.5 Å². The number of amides is 1. The summed E-state index contributed by atoms with van der Waals surface area (Å²) in [5.41, 5.74) is 0. The molecule has 414 valence electrons. The largest absolute Gasteiger partial charge is 0.466 e. The molecule has 0 fully saturated rings. The Morgan fingerprint density at radius 3 is 1.01 bits per heavy atom. The van der Waals surface area contributed by atoms with Crippen LogP contribution in [0, 0.1) is 0 Å². The number of unbranched alkanes of at least 4 members (excludes halogenated alkanes) is 44. The van der Waals surface area contributed by atoms with Crippen molar-refractivity contribution >= 4 is 11.9 Å². The molecule has 2 atom stereocenters. The van der Waals surface area contributed by atoms with Crippen LogP contribution in [0.1, 0.15) is 348 Å². The number of esters is 1. The van der Waals surface area contributed by atoms with E-state index in [1.807, 2.05) is 0 Å². The van der Waals surface area contributed by atoms with Crippen molar-refractivity contribution in [3.05, 3.63) is 24.3 Å². The number of aliphatic hydroxyl groups excluding tert-OH is 2. The fourth-order valence-electron chi connectivity index (χ4n) is 9.87. The molecule has 0 aromatic heterocycles. The number of carbonyl (C=O) groups excluding carboxylic acids is 2. The van der Waals surface area contributed by atoms with Crippen LogP contribution in [-0.2, 0) is 14.3 Å². The first kappa shape index (κ1) is 68.3. The highest BCUT2D eigenvalue weighted by molar-refractivity contribution is 5.76. The lowest BCUT2D eigenvalue weighted by molar-refractivity contribution is -0.143. The zero-order valence-corrected chi connectivity index (χ0v) is 47.3. The van der Waals surface area contributed by atoms with E-state index in [0.29, 0.717) is 25.9 Å². The summed E-state index contributed by atoms with van der Waals surface area (Å²) >= 11 is 0. The molecule has 6 nitrogen and oxygen atoms in total. The van der Waals surface area contributed by atoms with Gasteiger partial charge in [-0.05, 0) is 77.0 Å². The lowest BCUT2D eigenvalue weighted by Gasteiger charge is -2.22. The summed E-state index contributed by atoms with van der Waals surface area (Å²) in [7, 11) is 0. The summed E-state index contributed by atoms with van der Waals surface area (Å²) in [6.45, 7) is 4.96. The quantitative estimate of drug-likeness (QED) is 0.0321. The second-order valence-electron chi connectivity index (χ2n) is 21.7. The number of nitrogens with one attached hydrogen (secondary N) is 1. The van der Waals surface area contributed by atoms with Crippen LogP contribution < -0.4 is 5.32 Å². The molecule has 0 aromatic carbocycles. The number of carbonyl (C=O) groups is 2. The second-order valence-corrected chi connectivity index (χ2v) is 21.7. The molecule has 0 heterocycles. The third-order valence-electron chi connectivity index (χ3n) is 14.7. The van der Waals surface area contributed by atoms with Crippen LogP contribution in [0.25, 0.3) is 0 Å². The lowest BCUT2D eigenvalue weighted by atomic mass is 10.0. The Hall–Kier alpha value is -1.66. The molecule has 6 heteroatoms. The number of hydrogen-bond acceptors (Lipinski definition) is 5. The van der Waals surface area contributed by atoms with Crippen molar-refractivity contribution in [3.63, 3.8) is 0 Å². The average Bonchev–Trinajstić information content (AvgIpc) is 3.36. The number of ether oxygens (including phenoxy) is 1. The van der Waals surface area contributed by atoms with Gasteiger partial charge in [-0.25, -0.2) is 0 Å². The Bertz CT molecular complexity index is 1090. The minimum absolute atomic E-state index is 0.00408. The van der Waals surface area contributed by atoms with Gasteiger partial charge in [0.25, 0.3) is 0 Å². The summed E-state index contributed by atoms with van der Waals surface area (Å²) in [6.07, 6.45) is 73.3. The summed E-state index contributed by atoms with van der Waals surface area (Å²) in [4.78, 5) is 24.6. The van der Waals surface area contributed by atoms with E-state index in [1.165, 1.54) is 270 Å². The van der Waals surface area contributed by atoms with Gasteiger partial charge in [0.2, 0.25) is 5.91 Å². The minimum atomic E-state index is -0.670. The van der Waals surface area contributed by atoms with Crippen LogP contribution in [0.5, 0.6) is 0 Å². The van der Waals surface area contributed by atoms with Gasteiger partial charge in [-0.3, -0.25) is 9.59 Å². The average molecular weight is 987 g/mol. The normalized spacial score (nSPS) is 12.7. The molecule has 0 aliphatic carbocycles. The first-order valence-corrected chi connectivity index (χ1v) is 31.6. The Morgan fingerprint density at radius 2 is 0.671 bits per heavy atom. The first-order valence-electron chi connectivity index (χ1n) is 31.6. The fourth-order valence-corrected chi connectivity index (χ4v) is 9.87. The third kappa shape index (κ3) is 55.7.